The van der Waals surface area contributed by atoms with Crippen molar-refractivity contribution < 1.29 is 9.63 Å². The van der Waals surface area contributed by atoms with E-state index in [2.05, 4.69) is 22.6 Å². The second-order valence-electron chi connectivity index (χ2n) is 5.18. The Bertz CT molecular complexity index is 225. The first-order chi connectivity index (χ1) is 6.93. The summed E-state index contributed by atoms with van der Waals surface area (Å²) in [6, 6.07) is 0. The number of alkyl halides is 1. The zero-order valence-electron chi connectivity index (χ0n) is 9.75. The van der Waals surface area contributed by atoms with Gasteiger partial charge in [0, 0.05) is 17.5 Å². The van der Waals surface area contributed by atoms with E-state index >= 15 is 0 Å². The molecule has 1 rings (SSSR count). The van der Waals surface area contributed by atoms with Gasteiger partial charge in [-0.15, -0.1) is 5.06 Å². The summed E-state index contributed by atoms with van der Waals surface area (Å²) in [5, 5.41) is 1.83. The standard InChI is InChI=1S/C11H20INO2/c1-11(2,3)10(14)15-13-6-4-5-9(7-12)8-13/h9H,4-8H2,1-3H3. The summed E-state index contributed by atoms with van der Waals surface area (Å²) in [7, 11) is 0. The lowest BCUT2D eigenvalue weighted by atomic mass is 9.97. The second-order valence-corrected chi connectivity index (χ2v) is 6.06. The normalized spacial score (nSPS) is 23.9. The molecule has 1 saturated heterocycles. The first-order valence-electron chi connectivity index (χ1n) is 5.47. The maximum absolute atomic E-state index is 11.7. The van der Waals surface area contributed by atoms with Crippen LogP contribution in [0.2, 0.25) is 0 Å². The van der Waals surface area contributed by atoms with Crippen LogP contribution in [0.5, 0.6) is 0 Å². The molecule has 0 bridgehead atoms. The predicted molar refractivity (Wildman–Crippen MR) is 68.7 cm³/mol. The summed E-state index contributed by atoms with van der Waals surface area (Å²) in [5.74, 6) is 0.545. The summed E-state index contributed by atoms with van der Waals surface area (Å²) in [5.41, 5.74) is -0.405. The summed E-state index contributed by atoms with van der Waals surface area (Å²) in [4.78, 5) is 17.0. The molecule has 1 aliphatic heterocycles. The molecule has 0 aliphatic carbocycles. The lowest BCUT2D eigenvalue weighted by Gasteiger charge is -2.32. The van der Waals surface area contributed by atoms with Crippen molar-refractivity contribution in [2.75, 3.05) is 17.5 Å². The number of hydroxylamine groups is 2. The Kier molecular flexibility index (Phi) is 4.83. The summed E-state index contributed by atoms with van der Waals surface area (Å²) in [6.45, 7) is 7.43. The smallest absolute Gasteiger partial charge is 0.330 e. The Balaban J connectivity index is 2.41. The van der Waals surface area contributed by atoms with Gasteiger partial charge in [-0.1, -0.05) is 22.6 Å². The van der Waals surface area contributed by atoms with Crippen LogP contribution in [-0.4, -0.2) is 28.5 Å². The molecule has 0 saturated carbocycles. The van der Waals surface area contributed by atoms with Crippen molar-refractivity contribution in [2.45, 2.75) is 33.6 Å². The first kappa shape index (κ1) is 13.2. The highest BCUT2D eigenvalue weighted by Gasteiger charge is 2.28. The van der Waals surface area contributed by atoms with Gasteiger partial charge in [-0.25, -0.2) is 4.79 Å². The lowest BCUT2D eigenvalue weighted by Crippen LogP contribution is -2.40. The van der Waals surface area contributed by atoms with Crippen LogP contribution in [0.4, 0.5) is 0 Å². The third-order valence-corrected chi connectivity index (χ3v) is 3.77. The monoisotopic (exact) mass is 325 g/mol. The molecule has 1 aliphatic rings. The van der Waals surface area contributed by atoms with E-state index in [1.54, 1.807) is 0 Å². The third kappa shape index (κ3) is 4.26. The third-order valence-electron chi connectivity index (χ3n) is 2.52. The first-order valence-corrected chi connectivity index (χ1v) is 6.99. The Morgan fingerprint density at radius 1 is 1.53 bits per heavy atom. The molecule has 1 heterocycles. The molecular formula is C11H20INO2. The maximum Gasteiger partial charge on any atom is 0.330 e. The fourth-order valence-corrected chi connectivity index (χ4v) is 2.21. The zero-order valence-corrected chi connectivity index (χ0v) is 11.9. The molecule has 0 N–H and O–H groups in total. The van der Waals surface area contributed by atoms with E-state index < -0.39 is 5.41 Å². The zero-order chi connectivity index (χ0) is 11.5. The molecular weight excluding hydrogens is 305 g/mol. The van der Waals surface area contributed by atoms with E-state index in [9.17, 15) is 4.79 Å². The molecule has 3 nitrogen and oxygen atoms in total. The fraction of sp³-hybridized carbons (Fsp3) is 0.909. The molecule has 0 aromatic rings. The largest absolute Gasteiger partial charge is 0.367 e. The van der Waals surface area contributed by atoms with Gasteiger partial charge in [-0.05, 0) is 39.5 Å². The summed E-state index contributed by atoms with van der Waals surface area (Å²) >= 11 is 2.40. The number of carbonyl (C=O) groups is 1. The van der Waals surface area contributed by atoms with Crippen molar-refractivity contribution in [3.8, 4) is 0 Å². The summed E-state index contributed by atoms with van der Waals surface area (Å²) in [6.07, 6.45) is 2.39. The van der Waals surface area contributed by atoms with Crippen LogP contribution in [0.25, 0.3) is 0 Å². The van der Waals surface area contributed by atoms with Crippen LogP contribution in [-0.2, 0) is 9.63 Å². The number of carbonyl (C=O) groups excluding carboxylic acids is 1. The Morgan fingerprint density at radius 3 is 2.73 bits per heavy atom. The minimum Gasteiger partial charge on any atom is -0.367 e. The van der Waals surface area contributed by atoms with Gasteiger partial charge in [0.05, 0.1) is 5.41 Å². The van der Waals surface area contributed by atoms with Gasteiger partial charge in [0.15, 0.2) is 0 Å². The van der Waals surface area contributed by atoms with Crippen LogP contribution in [0, 0.1) is 11.3 Å². The minimum atomic E-state index is -0.405. The van der Waals surface area contributed by atoms with Gasteiger partial charge in [-0.2, -0.15) is 0 Å². The molecule has 15 heavy (non-hydrogen) atoms. The average Bonchev–Trinajstić information content (AvgIpc) is 2.16. The van der Waals surface area contributed by atoms with Crippen molar-refractivity contribution in [3.05, 3.63) is 0 Å². The number of nitrogens with zero attached hydrogens (tertiary/aromatic N) is 1. The van der Waals surface area contributed by atoms with Crippen molar-refractivity contribution in [1.29, 1.82) is 0 Å². The molecule has 4 heteroatoms. The molecule has 1 atom stereocenters. The van der Waals surface area contributed by atoms with Crippen LogP contribution in [0.15, 0.2) is 0 Å². The highest BCUT2D eigenvalue weighted by atomic mass is 127. The molecule has 1 fully saturated rings. The molecule has 0 aromatic heterocycles. The van der Waals surface area contributed by atoms with Gasteiger partial charge in [0.25, 0.3) is 0 Å². The minimum absolute atomic E-state index is 0.128. The molecule has 0 radical (unpaired) electrons. The quantitative estimate of drug-likeness (QED) is 0.577. The average molecular weight is 325 g/mol. The Morgan fingerprint density at radius 2 is 2.20 bits per heavy atom. The molecule has 0 spiro atoms. The highest BCUT2D eigenvalue weighted by Crippen LogP contribution is 2.21. The topological polar surface area (TPSA) is 29.5 Å². The number of hydrogen-bond donors (Lipinski definition) is 0. The highest BCUT2D eigenvalue weighted by molar-refractivity contribution is 14.1. The lowest BCUT2D eigenvalue weighted by molar-refractivity contribution is -0.206. The van der Waals surface area contributed by atoms with Crippen molar-refractivity contribution in [1.82, 2.24) is 5.06 Å². The Hall–Kier alpha value is 0.160. The van der Waals surface area contributed by atoms with Gasteiger partial charge in [0.1, 0.15) is 0 Å². The molecule has 0 aromatic carbocycles. The Labute approximate surface area is 106 Å². The number of hydrogen-bond acceptors (Lipinski definition) is 3. The van der Waals surface area contributed by atoms with Crippen molar-refractivity contribution >= 4 is 28.6 Å². The van der Waals surface area contributed by atoms with E-state index in [-0.39, 0.29) is 5.97 Å². The van der Waals surface area contributed by atoms with Gasteiger partial charge in [0.2, 0.25) is 0 Å². The molecule has 88 valence electrons. The van der Waals surface area contributed by atoms with Gasteiger partial charge < -0.3 is 4.84 Å². The fourth-order valence-electron chi connectivity index (χ4n) is 1.49. The van der Waals surface area contributed by atoms with Crippen LogP contribution >= 0.6 is 22.6 Å². The van der Waals surface area contributed by atoms with E-state index in [4.69, 9.17) is 4.84 Å². The predicted octanol–water partition coefficient (Wildman–Crippen LogP) is 2.64. The number of piperidine rings is 1. The van der Waals surface area contributed by atoms with E-state index in [0.717, 1.165) is 23.9 Å². The van der Waals surface area contributed by atoms with E-state index in [1.165, 1.54) is 6.42 Å². The van der Waals surface area contributed by atoms with E-state index in [1.807, 2.05) is 25.8 Å². The van der Waals surface area contributed by atoms with Crippen LogP contribution < -0.4 is 0 Å². The van der Waals surface area contributed by atoms with Crippen LogP contribution in [0.1, 0.15) is 33.6 Å². The van der Waals surface area contributed by atoms with Crippen LogP contribution in [0.3, 0.4) is 0 Å². The van der Waals surface area contributed by atoms with Crippen molar-refractivity contribution in [3.63, 3.8) is 0 Å². The van der Waals surface area contributed by atoms with Gasteiger partial charge in [-0.3, -0.25) is 0 Å². The molecule has 1 unspecified atom stereocenters. The second kappa shape index (κ2) is 5.48. The maximum atomic E-state index is 11.7. The number of rotatable bonds is 2. The van der Waals surface area contributed by atoms with Gasteiger partial charge >= 0.3 is 5.97 Å². The van der Waals surface area contributed by atoms with E-state index in [0.29, 0.717) is 5.92 Å². The SMILES string of the molecule is CC(C)(C)C(=O)ON1CCCC(CI)C1. The summed E-state index contributed by atoms with van der Waals surface area (Å²) < 4.78 is 1.14. The molecule has 0 amide bonds. The van der Waals surface area contributed by atoms with Crippen molar-refractivity contribution in [2.24, 2.45) is 11.3 Å². The number of halogens is 1.